The van der Waals surface area contributed by atoms with Gasteiger partial charge in [-0.1, -0.05) is 12.1 Å². The number of hydrogen-bond acceptors (Lipinski definition) is 2. The molecule has 0 amide bonds. The topological polar surface area (TPSA) is 46.2 Å². The zero-order valence-electron chi connectivity index (χ0n) is 7.12. The van der Waals surface area contributed by atoms with Gasteiger partial charge in [-0.25, -0.2) is 0 Å². The van der Waals surface area contributed by atoms with Crippen molar-refractivity contribution < 1.29 is 5.11 Å². The number of phenols is 1. The van der Waals surface area contributed by atoms with Crippen LogP contribution < -0.4 is 5.73 Å². The zero-order chi connectivity index (χ0) is 8.72. The van der Waals surface area contributed by atoms with Gasteiger partial charge in [0.1, 0.15) is 5.75 Å². The van der Waals surface area contributed by atoms with Crippen LogP contribution in [0.5, 0.6) is 5.75 Å². The smallest absolute Gasteiger partial charge is 0.119 e. The van der Waals surface area contributed by atoms with Gasteiger partial charge in [0.25, 0.3) is 0 Å². The van der Waals surface area contributed by atoms with Crippen LogP contribution in [0, 0.1) is 6.92 Å². The van der Waals surface area contributed by atoms with E-state index in [0.717, 1.165) is 17.5 Å². The first-order valence-electron chi connectivity index (χ1n) is 4.23. The van der Waals surface area contributed by atoms with Gasteiger partial charge < -0.3 is 10.8 Å². The van der Waals surface area contributed by atoms with E-state index in [1.165, 1.54) is 0 Å². The van der Waals surface area contributed by atoms with E-state index >= 15 is 0 Å². The van der Waals surface area contributed by atoms with Crippen molar-refractivity contribution in [1.82, 2.24) is 0 Å². The van der Waals surface area contributed by atoms with Crippen molar-refractivity contribution in [1.29, 1.82) is 0 Å². The maximum Gasteiger partial charge on any atom is 0.119 e. The minimum Gasteiger partial charge on any atom is -0.508 e. The highest BCUT2D eigenvalue weighted by Crippen LogP contribution is 2.42. The summed E-state index contributed by atoms with van der Waals surface area (Å²) in [5.74, 6) is 0.790. The molecule has 2 nitrogen and oxygen atoms in total. The molecule has 2 heteroatoms. The zero-order valence-corrected chi connectivity index (χ0v) is 7.12. The lowest BCUT2D eigenvalue weighted by Gasteiger charge is -2.03. The number of aryl methyl sites for hydroxylation is 1. The number of hydrogen-bond donors (Lipinski definition) is 2. The highest BCUT2D eigenvalue weighted by molar-refractivity contribution is 5.41. The van der Waals surface area contributed by atoms with Crippen molar-refractivity contribution >= 4 is 0 Å². The number of benzene rings is 1. The van der Waals surface area contributed by atoms with E-state index in [9.17, 15) is 5.11 Å². The first kappa shape index (κ1) is 7.62. The molecular formula is C10H13NO. The van der Waals surface area contributed by atoms with Gasteiger partial charge in [-0.15, -0.1) is 0 Å². The highest BCUT2D eigenvalue weighted by atomic mass is 16.3. The quantitative estimate of drug-likeness (QED) is 0.659. The Kier molecular flexibility index (Phi) is 1.58. The third kappa shape index (κ3) is 1.18. The summed E-state index contributed by atoms with van der Waals surface area (Å²) in [6.07, 6.45) is 1.01. The molecule has 0 aromatic heterocycles. The molecule has 2 unspecified atom stereocenters. The molecule has 0 bridgehead atoms. The monoisotopic (exact) mass is 163 g/mol. The van der Waals surface area contributed by atoms with Gasteiger partial charge in [-0.2, -0.15) is 0 Å². The summed E-state index contributed by atoms with van der Waals surface area (Å²) in [6, 6.07) is 6.04. The van der Waals surface area contributed by atoms with Crippen LogP contribution in [0.25, 0.3) is 0 Å². The Bertz CT molecular complexity index is 309. The van der Waals surface area contributed by atoms with E-state index in [2.05, 4.69) is 0 Å². The summed E-state index contributed by atoms with van der Waals surface area (Å²) in [6.45, 7) is 1.97. The SMILES string of the molecule is Cc1ccc(C2CC2N)c(O)c1. The molecule has 12 heavy (non-hydrogen) atoms. The number of rotatable bonds is 1. The number of phenolic OH excluding ortho intramolecular Hbond substituents is 1. The Hall–Kier alpha value is -1.02. The lowest BCUT2D eigenvalue weighted by molar-refractivity contribution is 0.467. The fourth-order valence-electron chi connectivity index (χ4n) is 1.54. The Labute approximate surface area is 72.0 Å². The fourth-order valence-corrected chi connectivity index (χ4v) is 1.54. The molecule has 0 saturated heterocycles. The summed E-state index contributed by atoms with van der Waals surface area (Å²) >= 11 is 0. The number of nitrogens with two attached hydrogens (primary N) is 1. The molecule has 1 aromatic carbocycles. The molecule has 0 radical (unpaired) electrons. The molecule has 2 rings (SSSR count). The van der Waals surface area contributed by atoms with Gasteiger partial charge in [0.2, 0.25) is 0 Å². The number of aromatic hydroxyl groups is 1. The average Bonchev–Trinajstić information content (AvgIpc) is 2.66. The Balaban J connectivity index is 2.33. The van der Waals surface area contributed by atoms with Crippen LogP contribution >= 0.6 is 0 Å². The van der Waals surface area contributed by atoms with E-state index in [1.807, 2.05) is 19.1 Å². The first-order valence-corrected chi connectivity index (χ1v) is 4.23. The Morgan fingerprint density at radius 1 is 1.50 bits per heavy atom. The van der Waals surface area contributed by atoms with Gasteiger partial charge in [0.05, 0.1) is 0 Å². The van der Waals surface area contributed by atoms with E-state index in [0.29, 0.717) is 11.7 Å². The molecule has 1 aromatic rings. The van der Waals surface area contributed by atoms with Crippen molar-refractivity contribution in [2.75, 3.05) is 0 Å². The largest absolute Gasteiger partial charge is 0.508 e. The van der Waals surface area contributed by atoms with Crippen molar-refractivity contribution in [2.24, 2.45) is 5.73 Å². The Morgan fingerprint density at radius 3 is 2.67 bits per heavy atom. The third-order valence-corrected chi connectivity index (χ3v) is 2.43. The lowest BCUT2D eigenvalue weighted by Crippen LogP contribution is -2.01. The van der Waals surface area contributed by atoms with Crippen LogP contribution in [0.2, 0.25) is 0 Å². The average molecular weight is 163 g/mol. The maximum absolute atomic E-state index is 9.56. The van der Waals surface area contributed by atoms with E-state index in [4.69, 9.17) is 5.73 Å². The summed E-state index contributed by atoms with van der Waals surface area (Å²) in [4.78, 5) is 0. The molecular weight excluding hydrogens is 150 g/mol. The molecule has 2 atom stereocenters. The molecule has 1 saturated carbocycles. The van der Waals surface area contributed by atoms with Crippen molar-refractivity contribution in [3.05, 3.63) is 29.3 Å². The second-order valence-corrected chi connectivity index (χ2v) is 3.57. The Morgan fingerprint density at radius 2 is 2.17 bits per heavy atom. The maximum atomic E-state index is 9.56. The minimum absolute atomic E-state index is 0.263. The van der Waals surface area contributed by atoms with Crippen molar-refractivity contribution in [3.63, 3.8) is 0 Å². The van der Waals surface area contributed by atoms with E-state index in [1.54, 1.807) is 6.07 Å². The molecule has 1 aliphatic rings. The standard InChI is InChI=1S/C10H13NO/c1-6-2-3-7(10(12)4-6)8-5-9(8)11/h2-4,8-9,12H,5,11H2,1H3. The predicted molar refractivity (Wildman–Crippen MR) is 48.2 cm³/mol. The van der Waals surface area contributed by atoms with E-state index in [-0.39, 0.29) is 6.04 Å². The first-order chi connectivity index (χ1) is 5.68. The van der Waals surface area contributed by atoms with Crippen LogP contribution in [0.1, 0.15) is 23.5 Å². The molecule has 64 valence electrons. The van der Waals surface area contributed by atoms with Crippen LogP contribution in [0.3, 0.4) is 0 Å². The van der Waals surface area contributed by atoms with Crippen molar-refractivity contribution in [2.45, 2.75) is 25.3 Å². The molecule has 0 spiro atoms. The highest BCUT2D eigenvalue weighted by Gasteiger charge is 2.36. The van der Waals surface area contributed by atoms with E-state index < -0.39 is 0 Å². The van der Waals surface area contributed by atoms with Crippen LogP contribution in [0.4, 0.5) is 0 Å². The minimum atomic E-state index is 0.263. The second kappa shape index (κ2) is 2.49. The molecule has 0 aliphatic heterocycles. The van der Waals surface area contributed by atoms with Crippen LogP contribution in [-0.2, 0) is 0 Å². The van der Waals surface area contributed by atoms with Crippen molar-refractivity contribution in [3.8, 4) is 5.75 Å². The lowest BCUT2D eigenvalue weighted by atomic mass is 10.1. The van der Waals surface area contributed by atoms with Gasteiger partial charge >= 0.3 is 0 Å². The van der Waals surface area contributed by atoms with Gasteiger partial charge in [-0.05, 0) is 30.5 Å². The van der Waals surface area contributed by atoms with Crippen LogP contribution in [0.15, 0.2) is 18.2 Å². The normalized spacial score (nSPS) is 27.2. The molecule has 1 fully saturated rings. The second-order valence-electron chi connectivity index (χ2n) is 3.57. The third-order valence-electron chi connectivity index (χ3n) is 2.43. The summed E-state index contributed by atoms with van der Waals surface area (Å²) in [5.41, 5.74) is 7.79. The van der Waals surface area contributed by atoms with Gasteiger partial charge in [0, 0.05) is 12.0 Å². The molecule has 3 N–H and O–H groups in total. The predicted octanol–water partition coefficient (Wildman–Crippen LogP) is 1.52. The molecule has 1 aliphatic carbocycles. The summed E-state index contributed by atoms with van der Waals surface area (Å²) in [5, 5.41) is 9.56. The van der Waals surface area contributed by atoms with Gasteiger partial charge in [0.15, 0.2) is 0 Å². The molecule has 0 heterocycles. The summed E-state index contributed by atoms with van der Waals surface area (Å²) in [7, 11) is 0. The van der Waals surface area contributed by atoms with Gasteiger partial charge in [-0.3, -0.25) is 0 Å². The summed E-state index contributed by atoms with van der Waals surface area (Å²) < 4.78 is 0. The van der Waals surface area contributed by atoms with Crippen LogP contribution in [-0.4, -0.2) is 11.1 Å². The fraction of sp³-hybridized carbons (Fsp3) is 0.400.